The molecule has 2 aromatic rings. The smallest absolute Gasteiger partial charge is 0.255 e. The number of nitrogens with one attached hydrogen (secondary N) is 1. The van der Waals surface area contributed by atoms with Crippen molar-refractivity contribution in [1.29, 1.82) is 0 Å². The zero-order chi connectivity index (χ0) is 25.2. The van der Waals surface area contributed by atoms with Crippen LogP contribution in [0.1, 0.15) is 60.4 Å². The number of rotatable bonds is 14. The van der Waals surface area contributed by atoms with Crippen molar-refractivity contribution in [3.8, 4) is 0 Å². The van der Waals surface area contributed by atoms with E-state index >= 15 is 0 Å². The van der Waals surface area contributed by atoms with E-state index in [0.717, 1.165) is 4.90 Å². The van der Waals surface area contributed by atoms with Gasteiger partial charge in [-0.2, -0.15) is 0 Å². The maximum Gasteiger partial charge on any atom is 0.255 e. The van der Waals surface area contributed by atoms with Crippen LogP contribution in [-0.2, 0) is 9.47 Å². The fourth-order valence-electron chi connectivity index (χ4n) is 2.99. The van der Waals surface area contributed by atoms with Gasteiger partial charge in [-0.3, -0.25) is 14.6 Å². The van der Waals surface area contributed by atoms with Gasteiger partial charge in [-0.1, -0.05) is 31.5 Å². The van der Waals surface area contributed by atoms with Crippen LogP contribution in [0.15, 0.2) is 47.6 Å². The van der Waals surface area contributed by atoms with E-state index in [0.29, 0.717) is 49.7 Å². The van der Waals surface area contributed by atoms with Crippen LogP contribution >= 0.6 is 11.8 Å². The van der Waals surface area contributed by atoms with Gasteiger partial charge < -0.3 is 20.5 Å². The molecule has 186 valence electrons. The van der Waals surface area contributed by atoms with Crippen molar-refractivity contribution in [2.75, 3.05) is 32.1 Å². The predicted octanol–water partition coefficient (Wildman–Crippen LogP) is 4.24. The molecule has 3 N–H and O–H groups in total. The van der Waals surface area contributed by atoms with E-state index < -0.39 is 5.72 Å². The molecule has 2 rings (SSSR count). The van der Waals surface area contributed by atoms with Crippen molar-refractivity contribution in [3.63, 3.8) is 0 Å². The van der Waals surface area contributed by atoms with Gasteiger partial charge in [0.25, 0.3) is 5.91 Å². The minimum atomic E-state index is -0.910. The highest BCUT2D eigenvalue weighted by molar-refractivity contribution is 7.99. The van der Waals surface area contributed by atoms with Gasteiger partial charge in [0.1, 0.15) is 5.72 Å². The second kappa shape index (κ2) is 13.0. The number of hydrogen-bond acceptors (Lipinski definition) is 7. The number of amides is 1. The van der Waals surface area contributed by atoms with Crippen molar-refractivity contribution in [1.82, 2.24) is 10.3 Å². The Morgan fingerprint density at radius 1 is 1.06 bits per heavy atom. The van der Waals surface area contributed by atoms with E-state index in [4.69, 9.17) is 15.2 Å². The lowest BCUT2D eigenvalue weighted by molar-refractivity contribution is -0.0860. The molecule has 0 saturated heterocycles. The van der Waals surface area contributed by atoms with Gasteiger partial charge >= 0.3 is 0 Å². The summed E-state index contributed by atoms with van der Waals surface area (Å²) in [6.45, 7) is 11.5. The predicted molar refractivity (Wildman–Crippen MR) is 136 cm³/mol. The molecule has 7 nitrogen and oxygen atoms in total. The van der Waals surface area contributed by atoms with Crippen LogP contribution in [0.2, 0.25) is 0 Å². The number of hydrogen-bond donors (Lipinski definition) is 2. The molecule has 0 unspecified atom stereocenters. The highest BCUT2D eigenvalue weighted by Gasteiger charge is 2.27. The van der Waals surface area contributed by atoms with Crippen molar-refractivity contribution < 1.29 is 19.1 Å². The van der Waals surface area contributed by atoms with E-state index in [2.05, 4.69) is 34.6 Å². The van der Waals surface area contributed by atoms with Gasteiger partial charge in [0.15, 0.2) is 5.78 Å². The van der Waals surface area contributed by atoms with Crippen LogP contribution in [0.25, 0.3) is 0 Å². The zero-order valence-electron chi connectivity index (χ0n) is 20.8. The number of aryl methyl sites for hydroxylation is 1. The Balaban J connectivity index is 1.88. The summed E-state index contributed by atoms with van der Waals surface area (Å²) in [6, 6.07) is 9.79. The van der Waals surface area contributed by atoms with Crippen molar-refractivity contribution in [2.45, 2.75) is 51.7 Å². The highest BCUT2D eigenvalue weighted by Crippen LogP contribution is 2.21. The number of Topliss-reactive ketones (excluding diaryl/α,β-unsaturated/α-hetero) is 1. The van der Waals surface area contributed by atoms with Crippen molar-refractivity contribution in [2.24, 2.45) is 11.1 Å². The number of benzene rings is 1. The lowest BCUT2D eigenvalue weighted by Gasteiger charge is -2.32. The SMILES string of the molecule is Cc1ccc(SCCC(=O)c2cncc(C(=O)NC(C)(C)OCC(C)(C)COCCN)c2)cc1. The normalized spacial score (nSPS) is 11.9. The first-order chi connectivity index (χ1) is 16.0. The van der Waals surface area contributed by atoms with Crippen LogP contribution in [0.4, 0.5) is 0 Å². The summed E-state index contributed by atoms with van der Waals surface area (Å²) in [6.07, 6.45) is 3.32. The number of aromatic nitrogens is 1. The standard InChI is InChI=1S/C26H37N3O4S/c1-19-6-8-22(9-7-19)34-13-10-23(30)20-14-21(16-28-15-20)24(31)29-26(4,5)33-18-25(2,3)17-32-12-11-27/h6-9,14-16H,10-13,17-18,27H2,1-5H3,(H,29,31). The van der Waals surface area contributed by atoms with E-state index in [9.17, 15) is 9.59 Å². The first-order valence-corrected chi connectivity index (χ1v) is 12.4. The molecule has 0 saturated carbocycles. The van der Waals surface area contributed by atoms with Gasteiger partial charge in [-0.25, -0.2) is 0 Å². The van der Waals surface area contributed by atoms with Crippen LogP contribution in [0.3, 0.4) is 0 Å². The number of nitrogens with zero attached hydrogens (tertiary/aromatic N) is 1. The quantitative estimate of drug-likeness (QED) is 0.178. The van der Waals surface area contributed by atoms with Gasteiger partial charge in [0.2, 0.25) is 0 Å². The van der Waals surface area contributed by atoms with Crippen LogP contribution in [0.5, 0.6) is 0 Å². The number of nitrogens with two attached hydrogens (primary N) is 1. The monoisotopic (exact) mass is 487 g/mol. The van der Waals surface area contributed by atoms with Gasteiger partial charge in [-0.05, 0) is 39.0 Å². The first-order valence-electron chi connectivity index (χ1n) is 11.4. The molecule has 0 radical (unpaired) electrons. The Hall–Kier alpha value is -2.26. The topological polar surface area (TPSA) is 104 Å². The molecule has 0 aliphatic heterocycles. The van der Waals surface area contributed by atoms with E-state index in [1.807, 2.05) is 20.8 Å². The van der Waals surface area contributed by atoms with Crippen LogP contribution in [0, 0.1) is 12.3 Å². The van der Waals surface area contributed by atoms with E-state index in [1.165, 1.54) is 18.0 Å². The van der Waals surface area contributed by atoms with Gasteiger partial charge in [0.05, 0.1) is 25.4 Å². The third kappa shape index (κ3) is 9.93. The van der Waals surface area contributed by atoms with Crippen molar-refractivity contribution in [3.05, 3.63) is 59.4 Å². The Labute approximate surface area is 207 Å². The number of pyridine rings is 1. The number of carbonyl (C=O) groups is 2. The molecule has 0 spiro atoms. The lowest BCUT2D eigenvalue weighted by Crippen LogP contribution is -2.47. The molecule has 0 bridgehead atoms. The van der Waals surface area contributed by atoms with E-state index in [1.54, 1.807) is 31.7 Å². The molecular weight excluding hydrogens is 450 g/mol. The number of ether oxygens (including phenoxy) is 2. The molecule has 0 aliphatic carbocycles. The summed E-state index contributed by atoms with van der Waals surface area (Å²) < 4.78 is 11.5. The molecule has 8 heteroatoms. The number of carbonyl (C=O) groups excluding carboxylic acids is 2. The minimum absolute atomic E-state index is 0.0449. The minimum Gasteiger partial charge on any atom is -0.379 e. The third-order valence-corrected chi connectivity index (χ3v) is 5.95. The molecule has 1 aromatic heterocycles. The summed E-state index contributed by atoms with van der Waals surface area (Å²) in [5.41, 5.74) is 6.27. The van der Waals surface area contributed by atoms with Crippen LogP contribution < -0.4 is 11.1 Å². The molecular formula is C26H37N3O4S. The summed E-state index contributed by atoms with van der Waals surface area (Å²) in [7, 11) is 0. The highest BCUT2D eigenvalue weighted by atomic mass is 32.2. The number of thioether (sulfide) groups is 1. The fourth-order valence-corrected chi connectivity index (χ4v) is 3.84. The third-order valence-electron chi connectivity index (χ3n) is 4.93. The average Bonchev–Trinajstić information content (AvgIpc) is 2.79. The first kappa shape index (κ1) is 28.0. The Kier molecular flexibility index (Phi) is 10.7. The molecule has 1 aromatic carbocycles. The average molecular weight is 488 g/mol. The summed E-state index contributed by atoms with van der Waals surface area (Å²) in [5.74, 6) is 0.263. The molecule has 1 heterocycles. The fraction of sp³-hybridized carbons (Fsp3) is 0.500. The lowest BCUT2D eigenvalue weighted by atomic mass is 9.96. The Morgan fingerprint density at radius 2 is 1.74 bits per heavy atom. The molecule has 1 amide bonds. The second-order valence-electron chi connectivity index (χ2n) is 9.56. The summed E-state index contributed by atoms with van der Waals surface area (Å²) >= 11 is 1.63. The Morgan fingerprint density at radius 3 is 2.41 bits per heavy atom. The molecule has 0 atom stereocenters. The number of ketones is 1. The van der Waals surface area contributed by atoms with Crippen molar-refractivity contribution >= 4 is 23.5 Å². The maximum atomic E-state index is 12.8. The molecule has 34 heavy (non-hydrogen) atoms. The largest absolute Gasteiger partial charge is 0.379 e. The van der Waals surface area contributed by atoms with E-state index in [-0.39, 0.29) is 17.1 Å². The van der Waals surface area contributed by atoms with Crippen LogP contribution in [-0.4, -0.2) is 54.5 Å². The van der Waals surface area contributed by atoms with Gasteiger partial charge in [0, 0.05) is 47.0 Å². The zero-order valence-corrected chi connectivity index (χ0v) is 21.7. The maximum absolute atomic E-state index is 12.8. The second-order valence-corrected chi connectivity index (χ2v) is 10.7. The summed E-state index contributed by atoms with van der Waals surface area (Å²) in [4.78, 5) is 30.7. The summed E-state index contributed by atoms with van der Waals surface area (Å²) in [5, 5.41) is 2.87. The Bertz CT molecular complexity index is 945. The molecule has 0 fully saturated rings. The molecule has 0 aliphatic rings. The van der Waals surface area contributed by atoms with Gasteiger partial charge in [-0.15, -0.1) is 11.8 Å².